The predicted molar refractivity (Wildman–Crippen MR) is 95.8 cm³/mol. The minimum Gasteiger partial charge on any atom is -0.755 e. The lowest BCUT2D eigenvalue weighted by Crippen LogP contribution is -2.36. The van der Waals surface area contributed by atoms with Gasteiger partial charge in [0.15, 0.2) is 0 Å². The Balaban J connectivity index is 3.08. The van der Waals surface area contributed by atoms with E-state index in [2.05, 4.69) is 12.2 Å². The third-order valence-electron chi connectivity index (χ3n) is 3.99. The Bertz CT molecular complexity index is 302. The summed E-state index contributed by atoms with van der Waals surface area (Å²) in [6.45, 7) is 2.78. The zero-order chi connectivity index (χ0) is 17.2. The van der Waals surface area contributed by atoms with Crippen LogP contribution in [0, 0.1) is 0 Å². The predicted octanol–water partition coefficient (Wildman–Crippen LogP) is 4.56. The molecule has 0 aromatic carbocycles. The quantitative estimate of drug-likeness (QED) is 0.317. The highest BCUT2D eigenvalue weighted by Gasteiger charge is 1.98. The molecule has 0 heterocycles. The van der Waals surface area contributed by atoms with Gasteiger partial charge in [-0.15, -0.1) is 0 Å². The molecule has 1 unspecified atom stereocenters. The summed E-state index contributed by atoms with van der Waals surface area (Å²) in [6.07, 6.45) is 18.1. The van der Waals surface area contributed by atoms with E-state index >= 15 is 0 Å². The van der Waals surface area contributed by atoms with Crippen LogP contribution in [0.1, 0.15) is 96.8 Å². The molecule has 2 N–H and O–H groups in total. The van der Waals surface area contributed by atoms with Gasteiger partial charge in [-0.25, -0.2) is 4.79 Å². The van der Waals surface area contributed by atoms with Gasteiger partial charge in [0.1, 0.15) is 0 Å². The molecule has 23 heavy (non-hydrogen) atoms. The second-order valence-electron chi connectivity index (χ2n) is 6.19. The monoisotopic (exact) mass is 347 g/mol. The van der Waals surface area contributed by atoms with E-state index in [1.165, 1.54) is 77.0 Å². The average Bonchev–Trinajstić information content (AvgIpc) is 2.50. The summed E-state index contributed by atoms with van der Waals surface area (Å²) in [5, 5.41) is 2.51. The first kappa shape index (κ1) is 22.4. The summed E-state index contributed by atoms with van der Waals surface area (Å²) >= 11 is -2.53. The van der Waals surface area contributed by atoms with Crippen molar-refractivity contribution in [2.75, 3.05) is 6.54 Å². The molecule has 138 valence electrons. The summed E-state index contributed by atoms with van der Waals surface area (Å²) in [5.74, 6) is 0. The molecule has 2 amide bonds. The van der Waals surface area contributed by atoms with Crippen molar-refractivity contribution >= 4 is 17.3 Å². The Labute approximate surface area is 144 Å². The SMILES string of the molecule is CCCCCCCCCCCCCCCCNC(=O)NS(=O)[O-]. The molecule has 0 aliphatic carbocycles. The smallest absolute Gasteiger partial charge is 0.325 e. The molecule has 6 heteroatoms. The van der Waals surface area contributed by atoms with Crippen molar-refractivity contribution in [2.45, 2.75) is 96.8 Å². The molecule has 0 aromatic rings. The van der Waals surface area contributed by atoms with Gasteiger partial charge < -0.3 is 9.87 Å². The first-order valence-corrected chi connectivity index (χ1v) is 10.4. The minimum atomic E-state index is -2.53. The summed E-state index contributed by atoms with van der Waals surface area (Å²) in [5.41, 5.74) is 0. The summed E-state index contributed by atoms with van der Waals surface area (Å²) in [7, 11) is 0. The lowest BCUT2D eigenvalue weighted by Gasteiger charge is -2.08. The van der Waals surface area contributed by atoms with Crippen LogP contribution >= 0.6 is 0 Å². The Morgan fingerprint density at radius 1 is 0.783 bits per heavy atom. The lowest BCUT2D eigenvalue weighted by atomic mass is 10.0. The molecule has 0 radical (unpaired) electrons. The highest BCUT2D eigenvalue weighted by atomic mass is 32.2. The van der Waals surface area contributed by atoms with Crippen LogP contribution in [0.5, 0.6) is 0 Å². The second kappa shape index (κ2) is 17.7. The first-order chi connectivity index (χ1) is 11.2. The number of hydrogen-bond acceptors (Lipinski definition) is 3. The summed E-state index contributed by atoms with van der Waals surface area (Å²) in [4.78, 5) is 11.0. The van der Waals surface area contributed by atoms with E-state index < -0.39 is 17.3 Å². The highest BCUT2D eigenvalue weighted by Crippen LogP contribution is 2.12. The van der Waals surface area contributed by atoms with Gasteiger partial charge in [0, 0.05) is 17.8 Å². The molecule has 0 aliphatic rings. The van der Waals surface area contributed by atoms with Crippen LogP contribution in [0.2, 0.25) is 0 Å². The van der Waals surface area contributed by atoms with E-state index in [1.807, 2.05) is 0 Å². The molecule has 1 atom stereocenters. The third kappa shape index (κ3) is 19.3. The molecular weight excluding hydrogens is 312 g/mol. The number of carbonyl (C=O) groups is 1. The molecule has 0 fully saturated rings. The molecule has 0 aromatic heterocycles. The van der Waals surface area contributed by atoms with Gasteiger partial charge >= 0.3 is 6.03 Å². The maximum Gasteiger partial charge on any atom is 0.325 e. The fraction of sp³-hybridized carbons (Fsp3) is 0.941. The number of hydrogen-bond donors (Lipinski definition) is 2. The number of rotatable bonds is 16. The largest absolute Gasteiger partial charge is 0.755 e. The van der Waals surface area contributed by atoms with E-state index in [1.54, 1.807) is 4.72 Å². The normalized spacial score (nSPS) is 12.1. The first-order valence-electron chi connectivity index (χ1n) is 9.30. The lowest BCUT2D eigenvalue weighted by molar-refractivity contribution is 0.245. The van der Waals surface area contributed by atoms with E-state index in [-0.39, 0.29) is 0 Å². The molecule has 0 saturated carbocycles. The number of amides is 2. The van der Waals surface area contributed by atoms with Crippen LogP contribution in [-0.4, -0.2) is 21.3 Å². The van der Waals surface area contributed by atoms with Crippen molar-refractivity contribution in [3.63, 3.8) is 0 Å². The van der Waals surface area contributed by atoms with Crippen molar-refractivity contribution in [3.05, 3.63) is 0 Å². The molecule has 0 spiro atoms. The van der Waals surface area contributed by atoms with Crippen molar-refractivity contribution in [2.24, 2.45) is 0 Å². The Morgan fingerprint density at radius 3 is 1.57 bits per heavy atom. The van der Waals surface area contributed by atoms with Gasteiger partial charge in [-0.2, -0.15) is 0 Å². The van der Waals surface area contributed by atoms with E-state index in [9.17, 15) is 13.6 Å². The zero-order valence-corrected chi connectivity index (χ0v) is 15.6. The topological polar surface area (TPSA) is 81.3 Å². The van der Waals surface area contributed by atoms with Gasteiger partial charge in [0.25, 0.3) is 0 Å². The van der Waals surface area contributed by atoms with Gasteiger partial charge in [-0.3, -0.25) is 8.93 Å². The van der Waals surface area contributed by atoms with E-state index in [0.29, 0.717) is 6.54 Å². The number of nitrogens with one attached hydrogen (secondary N) is 2. The van der Waals surface area contributed by atoms with Gasteiger partial charge in [0.2, 0.25) is 0 Å². The maximum absolute atomic E-state index is 11.0. The highest BCUT2D eigenvalue weighted by molar-refractivity contribution is 7.77. The van der Waals surface area contributed by atoms with Gasteiger partial charge in [-0.1, -0.05) is 90.4 Å². The van der Waals surface area contributed by atoms with Gasteiger partial charge in [-0.05, 0) is 6.42 Å². The molecule has 0 bridgehead atoms. The summed E-state index contributed by atoms with van der Waals surface area (Å²) in [6, 6.07) is -0.645. The van der Waals surface area contributed by atoms with Crippen LogP contribution in [-0.2, 0) is 11.3 Å². The van der Waals surface area contributed by atoms with E-state index in [4.69, 9.17) is 0 Å². The molecule has 0 rings (SSSR count). The van der Waals surface area contributed by atoms with Crippen LogP contribution in [0.15, 0.2) is 0 Å². The Hall–Kier alpha value is -0.620. The van der Waals surface area contributed by atoms with Crippen LogP contribution in [0.25, 0.3) is 0 Å². The Morgan fingerprint density at radius 2 is 1.17 bits per heavy atom. The summed E-state index contributed by atoms with van der Waals surface area (Å²) < 4.78 is 22.2. The zero-order valence-electron chi connectivity index (χ0n) is 14.7. The van der Waals surface area contributed by atoms with Crippen molar-refractivity contribution in [1.82, 2.24) is 10.0 Å². The Kier molecular flexibility index (Phi) is 17.3. The molecule has 0 aliphatic heterocycles. The average molecular weight is 348 g/mol. The van der Waals surface area contributed by atoms with Crippen LogP contribution in [0.3, 0.4) is 0 Å². The number of unbranched alkanes of at least 4 members (excludes halogenated alkanes) is 13. The molecule has 0 saturated heterocycles. The molecule has 5 nitrogen and oxygen atoms in total. The van der Waals surface area contributed by atoms with Gasteiger partial charge in [0.05, 0.1) is 0 Å². The van der Waals surface area contributed by atoms with Crippen molar-refractivity contribution in [3.8, 4) is 0 Å². The van der Waals surface area contributed by atoms with Crippen molar-refractivity contribution in [1.29, 1.82) is 0 Å². The standard InChI is InChI=1S/C17H36N2O3S/c1-2-3-4-5-6-7-8-9-10-11-12-13-14-15-16-18-17(20)19-23(21)22/h2-16H2,1H3,(H,21,22)(H2,18,19,20)/p-1. The van der Waals surface area contributed by atoms with Crippen LogP contribution < -0.4 is 10.0 Å². The third-order valence-corrected chi connectivity index (χ3v) is 4.34. The van der Waals surface area contributed by atoms with Crippen LogP contribution in [0.4, 0.5) is 4.79 Å². The van der Waals surface area contributed by atoms with Crippen molar-refractivity contribution < 1.29 is 13.6 Å². The number of carbonyl (C=O) groups excluding carboxylic acids is 1. The fourth-order valence-corrected chi connectivity index (χ4v) is 2.86. The van der Waals surface area contributed by atoms with E-state index in [0.717, 1.165) is 12.8 Å². The fourth-order valence-electron chi connectivity index (χ4n) is 2.63. The number of urea groups is 1. The minimum absolute atomic E-state index is 0.529. The second-order valence-corrected chi connectivity index (χ2v) is 6.86. The molecular formula is C17H35N2O3S-. The maximum atomic E-state index is 11.0.